The average Bonchev–Trinajstić information content (AvgIpc) is 2.77. The van der Waals surface area contributed by atoms with Crippen LogP contribution < -0.4 is 4.90 Å². The lowest BCUT2D eigenvalue weighted by Gasteiger charge is -2.34. The molecule has 1 aromatic rings. The van der Waals surface area contributed by atoms with E-state index in [4.69, 9.17) is 0 Å². The van der Waals surface area contributed by atoms with Crippen molar-refractivity contribution in [1.82, 2.24) is 9.36 Å². The molecule has 0 saturated carbocycles. The molecule has 0 aromatic carbocycles. The lowest BCUT2D eigenvalue weighted by Crippen LogP contribution is -2.39. The highest BCUT2D eigenvalue weighted by molar-refractivity contribution is 7.09. The normalized spacial score (nSPS) is 22.0. The summed E-state index contributed by atoms with van der Waals surface area (Å²) in [7, 11) is 0. The van der Waals surface area contributed by atoms with Gasteiger partial charge in [0.15, 0.2) is 0 Å². The number of hydrogen-bond donors (Lipinski definition) is 0. The van der Waals surface area contributed by atoms with Crippen molar-refractivity contribution in [2.24, 2.45) is 0 Å². The van der Waals surface area contributed by atoms with Gasteiger partial charge in [0.25, 0.3) is 0 Å². The van der Waals surface area contributed by atoms with Crippen LogP contribution in [0.25, 0.3) is 0 Å². The van der Waals surface area contributed by atoms with E-state index < -0.39 is 0 Å². The molecule has 0 amide bonds. The zero-order chi connectivity index (χ0) is 10.7. The molecule has 15 heavy (non-hydrogen) atoms. The Morgan fingerprint density at radius 2 is 2.27 bits per heavy atom. The van der Waals surface area contributed by atoms with Crippen molar-refractivity contribution >= 4 is 16.7 Å². The van der Waals surface area contributed by atoms with E-state index in [0.717, 1.165) is 23.9 Å². The van der Waals surface area contributed by atoms with Crippen LogP contribution in [0.4, 0.5) is 5.13 Å². The number of piperidine rings is 1. The fourth-order valence-electron chi connectivity index (χ4n) is 2.18. The van der Waals surface area contributed by atoms with Crippen LogP contribution in [0, 0.1) is 0 Å². The van der Waals surface area contributed by atoms with Crippen molar-refractivity contribution < 1.29 is 0 Å². The Labute approximate surface area is 95.7 Å². The average molecular weight is 225 g/mol. The highest BCUT2D eigenvalue weighted by atomic mass is 32.1. The minimum Gasteiger partial charge on any atom is -0.344 e. The molecule has 4 heteroatoms. The van der Waals surface area contributed by atoms with Crippen LogP contribution in [0.2, 0.25) is 0 Å². The van der Waals surface area contributed by atoms with Crippen molar-refractivity contribution in [3.05, 3.63) is 5.82 Å². The van der Waals surface area contributed by atoms with Gasteiger partial charge < -0.3 is 4.90 Å². The Morgan fingerprint density at radius 1 is 1.40 bits per heavy atom. The number of hydrogen-bond acceptors (Lipinski definition) is 4. The molecule has 0 N–H and O–H groups in total. The summed E-state index contributed by atoms with van der Waals surface area (Å²) in [5.41, 5.74) is 0. The first kappa shape index (κ1) is 10.9. The second kappa shape index (κ2) is 4.92. The molecule has 2 rings (SSSR count). The number of aryl methyl sites for hydroxylation is 1. The molecule has 0 aliphatic carbocycles. The van der Waals surface area contributed by atoms with Gasteiger partial charge in [-0.15, -0.1) is 0 Å². The molecular formula is C11H19N3S. The zero-order valence-electron chi connectivity index (χ0n) is 9.57. The van der Waals surface area contributed by atoms with Crippen LogP contribution in [-0.2, 0) is 6.42 Å². The Morgan fingerprint density at radius 3 is 2.93 bits per heavy atom. The predicted molar refractivity (Wildman–Crippen MR) is 64.6 cm³/mol. The third-order valence-corrected chi connectivity index (χ3v) is 3.91. The quantitative estimate of drug-likeness (QED) is 0.792. The first-order chi connectivity index (χ1) is 7.35. The van der Waals surface area contributed by atoms with Gasteiger partial charge in [0.2, 0.25) is 5.13 Å². The van der Waals surface area contributed by atoms with Gasteiger partial charge >= 0.3 is 0 Å². The summed E-state index contributed by atoms with van der Waals surface area (Å²) in [6.45, 7) is 5.54. The molecule has 1 fully saturated rings. The van der Waals surface area contributed by atoms with Gasteiger partial charge in [-0.1, -0.05) is 13.8 Å². The van der Waals surface area contributed by atoms with Crippen molar-refractivity contribution in [3.63, 3.8) is 0 Å². The molecule has 1 unspecified atom stereocenters. The number of anilines is 1. The van der Waals surface area contributed by atoms with Gasteiger partial charge in [-0.25, -0.2) is 4.98 Å². The highest BCUT2D eigenvalue weighted by Crippen LogP contribution is 2.27. The molecule has 1 aliphatic heterocycles. The van der Waals surface area contributed by atoms with Crippen LogP contribution in [0.15, 0.2) is 0 Å². The minimum atomic E-state index is 0.691. The largest absolute Gasteiger partial charge is 0.344 e. The number of nitrogens with zero attached hydrogens (tertiary/aromatic N) is 3. The van der Waals surface area contributed by atoms with Gasteiger partial charge in [-0.3, -0.25) is 0 Å². The topological polar surface area (TPSA) is 29.0 Å². The standard InChI is InChI=1S/C11H19N3S/c1-3-9-7-5-6-8-14(9)11-12-10(4-2)13-15-11/h9H,3-8H2,1-2H3. The maximum atomic E-state index is 4.58. The van der Waals surface area contributed by atoms with Crippen molar-refractivity contribution in [2.45, 2.75) is 52.0 Å². The molecule has 1 saturated heterocycles. The highest BCUT2D eigenvalue weighted by Gasteiger charge is 2.23. The fourth-order valence-corrected chi connectivity index (χ4v) is 3.03. The molecule has 0 spiro atoms. The Bertz CT molecular complexity index is 311. The summed E-state index contributed by atoms with van der Waals surface area (Å²) in [5.74, 6) is 0.996. The summed E-state index contributed by atoms with van der Waals surface area (Å²) in [6, 6.07) is 0.691. The summed E-state index contributed by atoms with van der Waals surface area (Å²) >= 11 is 1.56. The minimum absolute atomic E-state index is 0.691. The Balaban J connectivity index is 2.12. The van der Waals surface area contributed by atoms with E-state index in [2.05, 4.69) is 28.1 Å². The summed E-state index contributed by atoms with van der Waals surface area (Å²) in [4.78, 5) is 7.04. The zero-order valence-corrected chi connectivity index (χ0v) is 10.4. The third kappa shape index (κ3) is 2.30. The van der Waals surface area contributed by atoms with E-state index in [1.54, 1.807) is 11.5 Å². The summed E-state index contributed by atoms with van der Waals surface area (Å²) in [6.07, 6.45) is 6.16. The Hall–Kier alpha value is -0.640. The second-order valence-electron chi connectivity index (χ2n) is 4.10. The molecular weight excluding hydrogens is 206 g/mol. The van der Waals surface area contributed by atoms with Crippen LogP contribution in [0.5, 0.6) is 0 Å². The van der Waals surface area contributed by atoms with Gasteiger partial charge in [0.1, 0.15) is 5.82 Å². The van der Waals surface area contributed by atoms with Gasteiger partial charge in [0.05, 0.1) is 0 Å². The first-order valence-electron chi connectivity index (χ1n) is 5.94. The Kier molecular flexibility index (Phi) is 3.57. The lowest BCUT2D eigenvalue weighted by molar-refractivity contribution is 0.449. The van der Waals surface area contributed by atoms with E-state index in [1.165, 1.54) is 25.7 Å². The fraction of sp³-hybridized carbons (Fsp3) is 0.818. The SMILES string of the molecule is CCc1nsc(N2CCCCC2CC)n1. The monoisotopic (exact) mass is 225 g/mol. The van der Waals surface area contributed by atoms with E-state index in [9.17, 15) is 0 Å². The van der Waals surface area contributed by atoms with E-state index >= 15 is 0 Å². The van der Waals surface area contributed by atoms with Gasteiger partial charge in [0, 0.05) is 30.5 Å². The van der Waals surface area contributed by atoms with Crippen molar-refractivity contribution in [1.29, 1.82) is 0 Å². The van der Waals surface area contributed by atoms with Crippen molar-refractivity contribution in [3.8, 4) is 0 Å². The van der Waals surface area contributed by atoms with Crippen LogP contribution in [0.3, 0.4) is 0 Å². The van der Waals surface area contributed by atoms with Gasteiger partial charge in [-0.2, -0.15) is 4.37 Å². The maximum Gasteiger partial charge on any atom is 0.205 e. The number of aromatic nitrogens is 2. The molecule has 0 radical (unpaired) electrons. The van der Waals surface area contributed by atoms with Crippen LogP contribution in [-0.4, -0.2) is 21.9 Å². The molecule has 3 nitrogen and oxygen atoms in total. The van der Waals surface area contributed by atoms with E-state index in [-0.39, 0.29) is 0 Å². The molecule has 1 atom stereocenters. The van der Waals surface area contributed by atoms with E-state index in [1.807, 2.05) is 0 Å². The third-order valence-electron chi connectivity index (χ3n) is 3.12. The number of rotatable bonds is 3. The summed E-state index contributed by atoms with van der Waals surface area (Å²) in [5, 5.41) is 1.14. The van der Waals surface area contributed by atoms with Crippen molar-refractivity contribution in [2.75, 3.05) is 11.4 Å². The smallest absolute Gasteiger partial charge is 0.205 e. The predicted octanol–water partition coefficient (Wildman–Crippen LogP) is 2.87. The molecule has 84 valence electrons. The molecule has 0 bridgehead atoms. The van der Waals surface area contributed by atoms with E-state index in [0.29, 0.717) is 6.04 Å². The second-order valence-corrected chi connectivity index (χ2v) is 4.83. The maximum absolute atomic E-state index is 4.58. The molecule has 1 aliphatic rings. The molecule has 2 heterocycles. The molecule has 1 aromatic heterocycles. The van der Waals surface area contributed by atoms with Gasteiger partial charge in [-0.05, 0) is 25.7 Å². The summed E-state index contributed by atoms with van der Waals surface area (Å²) < 4.78 is 4.37. The van der Waals surface area contributed by atoms with Crippen LogP contribution >= 0.6 is 11.5 Å². The first-order valence-corrected chi connectivity index (χ1v) is 6.71. The van der Waals surface area contributed by atoms with Crippen LogP contribution in [0.1, 0.15) is 45.4 Å². The lowest BCUT2D eigenvalue weighted by atomic mass is 10.0.